The van der Waals surface area contributed by atoms with Crippen LogP contribution >= 0.6 is 0 Å². The van der Waals surface area contributed by atoms with Crippen molar-refractivity contribution in [2.45, 2.75) is 38.5 Å². The summed E-state index contributed by atoms with van der Waals surface area (Å²) in [7, 11) is 0. The van der Waals surface area contributed by atoms with Crippen molar-refractivity contribution in [3.63, 3.8) is 0 Å². The molecule has 1 unspecified atom stereocenters. The largest absolute Gasteiger partial charge is 0.508 e. The van der Waals surface area contributed by atoms with Crippen molar-refractivity contribution in [2.75, 3.05) is 0 Å². The molecule has 0 aliphatic heterocycles. The SMILES string of the molecule is CCCCC(=O)C(CC(=O)c1cccc(O)c1)c1ccccn1. The van der Waals surface area contributed by atoms with E-state index in [0.717, 1.165) is 12.8 Å². The number of phenols is 1. The smallest absolute Gasteiger partial charge is 0.164 e. The van der Waals surface area contributed by atoms with Gasteiger partial charge in [-0.3, -0.25) is 14.6 Å². The number of pyridine rings is 1. The number of carbonyl (C=O) groups is 2. The molecule has 120 valence electrons. The zero-order chi connectivity index (χ0) is 16.7. The van der Waals surface area contributed by atoms with Gasteiger partial charge >= 0.3 is 0 Å². The summed E-state index contributed by atoms with van der Waals surface area (Å²) in [4.78, 5) is 29.2. The average molecular weight is 311 g/mol. The van der Waals surface area contributed by atoms with Gasteiger partial charge in [0.25, 0.3) is 0 Å². The summed E-state index contributed by atoms with van der Waals surface area (Å²) in [5.74, 6) is -0.611. The molecule has 0 fully saturated rings. The van der Waals surface area contributed by atoms with Crippen molar-refractivity contribution in [1.82, 2.24) is 4.98 Å². The maximum Gasteiger partial charge on any atom is 0.164 e. The summed E-state index contributed by atoms with van der Waals surface area (Å²) in [5.41, 5.74) is 1.04. The Morgan fingerprint density at radius 2 is 2.00 bits per heavy atom. The molecule has 2 aromatic rings. The summed E-state index contributed by atoms with van der Waals surface area (Å²) in [6.07, 6.45) is 3.89. The molecule has 1 heterocycles. The molecule has 0 amide bonds. The van der Waals surface area contributed by atoms with Gasteiger partial charge in [0.2, 0.25) is 0 Å². The number of carbonyl (C=O) groups excluding carboxylic acids is 2. The molecule has 0 saturated heterocycles. The molecule has 23 heavy (non-hydrogen) atoms. The highest BCUT2D eigenvalue weighted by atomic mass is 16.3. The van der Waals surface area contributed by atoms with Crippen LogP contribution in [0, 0.1) is 0 Å². The summed E-state index contributed by atoms with van der Waals surface area (Å²) in [5, 5.41) is 9.51. The molecule has 4 nitrogen and oxygen atoms in total. The average Bonchev–Trinajstić information content (AvgIpc) is 2.58. The number of benzene rings is 1. The van der Waals surface area contributed by atoms with Crippen LogP contribution in [0.5, 0.6) is 5.75 Å². The number of hydrogen-bond acceptors (Lipinski definition) is 4. The van der Waals surface area contributed by atoms with Gasteiger partial charge in [-0.05, 0) is 30.7 Å². The van der Waals surface area contributed by atoms with E-state index in [1.165, 1.54) is 12.1 Å². The van der Waals surface area contributed by atoms with E-state index >= 15 is 0 Å². The number of Topliss-reactive ketones (excluding diaryl/α,β-unsaturated/α-hetero) is 2. The van der Waals surface area contributed by atoms with Crippen molar-refractivity contribution in [2.24, 2.45) is 0 Å². The van der Waals surface area contributed by atoms with E-state index in [2.05, 4.69) is 4.98 Å². The Bertz CT molecular complexity index is 667. The van der Waals surface area contributed by atoms with Crippen LogP contribution < -0.4 is 0 Å². The molecule has 4 heteroatoms. The first-order valence-electron chi connectivity index (χ1n) is 7.87. The number of nitrogens with zero attached hydrogens (tertiary/aromatic N) is 1. The summed E-state index contributed by atoms with van der Waals surface area (Å²) < 4.78 is 0. The van der Waals surface area contributed by atoms with Gasteiger partial charge in [-0.25, -0.2) is 0 Å². The van der Waals surface area contributed by atoms with E-state index in [-0.39, 0.29) is 23.7 Å². The second-order valence-corrected chi connectivity index (χ2v) is 5.55. The fourth-order valence-corrected chi connectivity index (χ4v) is 2.47. The van der Waals surface area contributed by atoms with Crippen LogP contribution in [0.4, 0.5) is 0 Å². The quantitative estimate of drug-likeness (QED) is 0.751. The molecular formula is C19H21NO3. The molecule has 1 aromatic carbocycles. The molecule has 0 saturated carbocycles. The lowest BCUT2D eigenvalue weighted by atomic mass is 9.89. The highest BCUT2D eigenvalue weighted by molar-refractivity contribution is 6.00. The summed E-state index contributed by atoms with van der Waals surface area (Å²) in [6.45, 7) is 2.03. The predicted octanol–water partition coefficient (Wildman–Crippen LogP) is 3.90. The standard InChI is InChI=1S/C19H21NO3/c1-2-3-10-18(22)16(17-9-4-5-11-20-17)13-19(23)14-7-6-8-15(21)12-14/h4-9,11-12,16,21H,2-3,10,13H2,1H3. The number of hydrogen-bond donors (Lipinski definition) is 1. The first kappa shape index (κ1) is 16.9. The van der Waals surface area contributed by atoms with Crippen LogP contribution in [0.1, 0.15) is 54.6 Å². The van der Waals surface area contributed by atoms with Crippen LogP contribution in [0.3, 0.4) is 0 Å². The maximum absolute atomic E-state index is 12.5. The zero-order valence-electron chi connectivity index (χ0n) is 13.2. The lowest BCUT2D eigenvalue weighted by Crippen LogP contribution is -2.18. The minimum absolute atomic E-state index is 0.0408. The lowest BCUT2D eigenvalue weighted by molar-refractivity contribution is -0.120. The molecule has 1 aromatic heterocycles. The van der Waals surface area contributed by atoms with E-state index in [4.69, 9.17) is 0 Å². The Balaban J connectivity index is 2.20. The van der Waals surface area contributed by atoms with E-state index in [0.29, 0.717) is 17.7 Å². The Labute approximate surface area is 136 Å². The third-order valence-corrected chi connectivity index (χ3v) is 3.77. The van der Waals surface area contributed by atoms with Crippen molar-refractivity contribution in [3.05, 3.63) is 59.9 Å². The summed E-state index contributed by atoms with van der Waals surface area (Å²) in [6, 6.07) is 11.6. The minimum atomic E-state index is -0.530. The fourth-order valence-electron chi connectivity index (χ4n) is 2.47. The number of rotatable bonds is 8. The van der Waals surface area contributed by atoms with E-state index in [1.807, 2.05) is 13.0 Å². The normalized spacial score (nSPS) is 11.9. The molecule has 1 atom stereocenters. The Kier molecular flexibility index (Phi) is 6.03. The molecule has 0 aliphatic rings. The van der Waals surface area contributed by atoms with Gasteiger partial charge in [0.15, 0.2) is 5.78 Å². The van der Waals surface area contributed by atoms with Gasteiger partial charge in [0.1, 0.15) is 11.5 Å². The Hall–Kier alpha value is -2.49. The third-order valence-electron chi connectivity index (χ3n) is 3.77. The van der Waals surface area contributed by atoms with Crippen LogP contribution in [0.2, 0.25) is 0 Å². The van der Waals surface area contributed by atoms with Crippen LogP contribution in [-0.2, 0) is 4.79 Å². The summed E-state index contributed by atoms with van der Waals surface area (Å²) >= 11 is 0. The van der Waals surface area contributed by atoms with Gasteiger partial charge in [-0.1, -0.05) is 31.5 Å². The van der Waals surface area contributed by atoms with E-state index in [1.54, 1.807) is 30.5 Å². The van der Waals surface area contributed by atoms with Crippen molar-refractivity contribution < 1.29 is 14.7 Å². The number of aromatic hydroxyl groups is 1. The number of aromatic nitrogens is 1. The monoisotopic (exact) mass is 311 g/mol. The molecular weight excluding hydrogens is 290 g/mol. The van der Waals surface area contributed by atoms with Crippen molar-refractivity contribution in [1.29, 1.82) is 0 Å². The second-order valence-electron chi connectivity index (χ2n) is 5.55. The minimum Gasteiger partial charge on any atom is -0.508 e. The molecule has 0 aliphatic carbocycles. The van der Waals surface area contributed by atoms with Crippen molar-refractivity contribution >= 4 is 11.6 Å². The van der Waals surface area contributed by atoms with Gasteiger partial charge in [-0.15, -0.1) is 0 Å². The number of ketones is 2. The first-order chi connectivity index (χ1) is 11.1. The highest BCUT2D eigenvalue weighted by Gasteiger charge is 2.25. The lowest BCUT2D eigenvalue weighted by Gasteiger charge is -2.15. The molecule has 1 N–H and O–H groups in total. The van der Waals surface area contributed by atoms with Crippen LogP contribution in [-0.4, -0.2) is 21.7 Å². The predicted molar refractivity (Wildman–Crippen MR) is 88.6 cm³/mol. The van der Waals surface area contributed by atoms with Gasteiger partial charge in [0, 0.05) is 24.6 Å². The van der Waals surface area contributed by atoms with E-state index < -0.39 is 5.92 Å². The second kappa shape index (κ2) is 8.22. The van der Waals surface area contributed by atoms with Gasteiger partial charge in [0.05, 0.1) is 11.6 Å². The van der Waals surface area contributed by atoms with E-state index in [9.17, 15) is 14.7 Å². The topological polar surface area (TPSA) is 67.3 Å². The molecule has 0 radical (unpaired) electrons. The highest BCUT2D eigenvalue weighted by Crippen LogP contribution is 2.24. The number of phenolic OH excluding ortho intramolecular Hbond substituents is 1. The number of unbranched alkanes of at least 4 members (excludes halogenated alkanes) is 1. The first-order valence-corrected chi connectivity index (χ1v) is 7.87. The maximum atomic E-state index is 12.5. The molecule has 0 spiro atoms. The molecule has 2 rings (SSSR count). The van der Waals surface area contributed by atoms with Gasteiger partial charge < -0.3 is 5.11 Å². The Morgan fingerprint density at radius 3 is 2.65 bits per heavy atom. The fraction of sp³-hybridized carbons (Fsp3) is 0.316. The van der Waals surface area contributed by atoms with Crippen LogP contribution in [0.25, 0.3) is 0 Å². The van der Waals surface area contributed by atoms with Crippen molar-refractivity contribution in [3.8, 4) is 5.75 Å². The molecule has 0 bridgehead atoms. The van der Waals surface area contributed by atoms with Gasteiger partial charge in [-0.2, -0.15) is 0 Å². The third kappa shape index (κ3) is 4.74. The van der Waals surface area contributed by atoms with Crippen LogP contribution in [0.15, 0.2) is 48.7 Å². The zero-order valence-corrected chi connectivity index (χ0v) is 13.2. The Morgan fingerprint density at radius 1 is 1.17 bits per heavy atom.